The molecule has 1 fully saturated rings. The predicted octanol–water partition coefficient (Wildman–Crippen LogP) is -0.865. The van der Waals surface area contributed by atoms with Crippen molar-refractivity contribution < 1.29 is 24.2 Å². The lowest BCUT2D eigenvalue weighted by Crippen LogP contribution is -2.51. The zero-order valence-electron chi connectivity index (χ0n) is 10.8. The van der Waals surface area contributed by atoms with E-state index in [1.807, 2.05) is 0 Å². The Morgan fingerprint density at radius 3 is 2.47 bits per heavy atom. The van der Waals surface area contributed by atoms with Crippen molar-refractivity contribution in [1.82, 2.24) is 10.2 Å². The Morgan fingerprint density at radius 2 is 2.00 bits per heavy atom. The van der Waals surface area contributed by atoms with Gasteiger partial charge in [0, 0.05) is 26.3 Å². The molecular weight excluding hydrogens is 254 g/mol. The number of carbonyl (C=O) groups is 3. The van der Waals surface area contributed by atoms with Gasteiger partial charge in [-0.25, -0.2) is 9.59 Å². The van der Waals surface area contributed by atoms with Gasteiger partial charge in [-0.05, 0) is 12.8 Å². The number of carbonyl (C=O) groups excluding carboxylic acids is 2. The van der Waals surface area contributed by atoms with Crippen molar-refractivity contribution in [3.63, 3.8) is 0 Å². The predicted molar refractivity (Wildman–Crippen MR) is 65.4 cm³/mol. The van der Waals surface area contributed by atoms with Gasteiger partial charge in [0.15, 0.2) is 0 Å². The highest BCUT2D eigenvalue weighted by Crippen LogP contribution is 2.12. The lowest BCUT2D eigenvalue weighted by molar-refractivity contribution is -0.141. The molecule has 3 amide bonds. The summed E-state index contributed by atoms with van der Waals surface area (Å²) in [6, 6.07) is -1.82. The molecule has 0 aromatic heterocycles. The molecule has 0 aromatic carbocycles. The van der Waals surface area contributed by atoms with E-state index >= 15 is 0 Å². The van der Waals surface area contributed by atoms with Gasteiger partial charge in [0.2, 0.25) is 5.91 Å². The number of rotatable bonds is 5. The summed E-state index contributed by atoms with van der Waals surface area (Å²) in [5.41, 5.74) is 4.94. The number of hydrogen-bond acceptors (Lipinski definition) is 4. The van der Waals surface area contributed by atoms with E-state index in [1.165, 1.54) is 4.90 Å². The molecular formula is C11H19N3O5. The van der Waals surface area contributed by atoms with Crippen LogP contribution in [0.2, 0.25) is 0 Å². The molecule has 8 heteroatoms. The Kier molecular flexibility index (Phi) is 5.56. The minimum Gasteiger partial charge on any atom is -0.480 e. The van der Waals surface area contributed by atoms with E-state index in [2.05, 4.69) is 5.32 Å². The summed E-state index contributed by atoms with van der Waals surface area (Å²) in [6.45, 7) is 1.15. The van der Waals surface area contributed by atoms with Crippen LogP contribution >= 0.6 is 0 Å². The van der Waals surface area contributed by atoms with E-state index in [4.69, 9.17) is 15.6 Å². The molecule has 1 aliphatic heterocycles. The fourth-order valence-corrected chi connectivity index (χ4v) is 1.89. The molecule has 108 valence electrons. The van der Waals surface area contributed by atoms with Crippen LogP contribution in [0.15, 0.2) is 0 Å². The Balaban J connectivity index is 2.55. The van der Waals surface area contributed by atoms with Crippen molar-refractivity contribution in [1.29, 1.82) is 0 Å². The van der Waals surface area contributed by atoms with Gasteiger partial charge in [-0.3, -0.25) is 4.79 Å². The van der Waals surface area contributed by atoms with Gasteiger partial charge in [-0.1, -0.05) is 0 Å². The maximum Gasteiger partial charge on any atom is 0.326 e. The number of nitrogens with two attached hydrogens (primary N) is 1. The summed E-state index contributed by atoms with van der Waals surface area (Å²) in [6.07, 6.45) is 0.984. The number of urea groups is 1. The number of hydrogen-bond donors (Lipinski definition) is 3. The van der Waals surface area contributed by atoms with E-state index in [9.17, 15) is 14.4 Å². The van der Waals surface area contributed by atoms with Crippen LogP contribution in [0.4, 0.5) is 4.79 Å². The van der Waals surface area contributed by atoms with Crippen LogP contribution in [-0.2, 0) is 14.3 Å². The fraction of sp³-hybridized carbons (Fsp3) is 0.727. The first-order valence-corrected chi connectivity index (χ1v) is 6.04. The summed E-state index contributed by atoms with van der Waals surface area (Å²) in [7, 11) is 1.59. The summed E-state index contributed by atoms with van der Waals surface area (Å²) in [5.74, 6) is -2.06. The van der Waals surface area contributed by atoms with E-state index in [0.29, 0.717) is 26.1 Å². The first-order chi connectivity index (χ1) is 8.91. The number of nitrogens with zero attached hydrogens (tertiary/aromatic N) is 1. The minimum absolute atomic E-state index is 0.0109. The van der Waals surface area contributed by atoms with Gasteiger partial charge in [0.25, 0.3) is 0 Å². The lowest BCUT2D eigenvalue weighted by atomic mass is 10.1. The van der Waals surface area contributed by atoms with Crippen molar-refractivity contribution in [2.24, 2.45) is 5.73 Å². The minimum atomic E-state index is -1.30. The average molecular weight is 273 g/mol. The smallest absolute Gasteiger partial charge is 0.326 e. The first kappa shape index (κ1) is 15.2. The Labute approximate surface area is 110 Å². The van der Waals surface area contributed by atoms with Crippen molar-refractivity contribution in [3.8, 4) is 0 Å². The molecule has 1 atom stereocenters. The first-order valence-electron chi connectivity index (χ1n) is 6.04. The third-order valence-corrected chi connectivity index (χ3v) is 3.06. The average Bonchev–Trinajstić information content (AvgIpc) is 2.37. The number of amides is 3. The number of aliphatic carboxylic acids is 1. The third-order valence-electron chi connectivity index (χ3n) is 3.06. The SMILES string of the molecule is CN(C(=O)NC(CC(N)=O)C(=O)O)C1CCOCC1. The molecule has 0 bridgehead atoms. The largest absolute Gasteiger partial charge is 0.480 e. The molecule has 1 heterocycles. The van der Waals surface area contributed by atoms with E-state index in [-0.39, 0.29) is 6.04 Å². The van der Waals surface area contributed by atoms with Crippen LogP contribution < -0.4 is 11.1 Å². The van der Waals surface area contributed by atoms with Crippen molar-refractivity contribution in [2.75, 3.05) is 20.3 Å². The van der Waals surface area contributed by atoms with Gasteiger partial charge < -0.3 is 25.8 Å². The van der Waals surface area contributed by atoms with Crippen LogP contribution in [0, 0.1) is 0 Å². The maximum atomic E-state index is 11.9. The third kappa shape index (κ3) is 4.74. The summed E-state index contributed by atoms with van der Waals surface area (Å²) < 4.78 is 5.19. The fourth-order valence-electron chi connectivity index (χ4n) is 1.89. The Bertz CT molecular complexity index is 354. The second-order valence-corrected chi connectivity index (χ2v) is 4.47. The second-order valence-electron chi connectivity index (χ2n) is 4.47. The molecule has 0 aliphatic carbocycles. The number of ether oxygens (including phenoxy) is 1. The Hall–Kier alpha value is -1.83. The summed E-state index contributed by atoms with van der Waals surface area (Å²) in [4.78, 5) is 35.0. The number of carboxylic acids is 1. The van der Waals surface area contributed by atoms with Gasteiger partial charge in [-0.2, -0.15) is 0 Å². The molecule has 19 heavy (non-hydrogen) atoms. The van der Waals surface area contributed by atoms with Gasteiger partial charge in [-0.15, -0.1) is 0 Å². The molecule has 1 saturated heterocycles. The molecule has 0 radical (unpaired) electrons. The molecule has 0 aromatic rings. The molecule has 1 rings (SSSR count). The van der Waals surface area contributed by atoms with Crippen LogP contribution in [0.5, 0.6) is 0 Å². The van der Waals surface area contributed by atoms with Gasteiger partial charge in [0.05, 0.1) is 6.42 Å². The zero-order chi connectivity index (χ0) is 14.4. The number of carboxylic acid groups (broad SMARTS) is 1. The van der Waals surface area contributed by atoms with E-state index < -0.39 is 30.4 Å². The van der Waals surface area contributed by atoms with Crippen LogP contribution in [0.3, 0.4) is 0 Å². The maximum absolute atomic E-state index is 11.9. The highest BCUT2D eigenvalue weighted by Gasteiger charge is 2.27. The standard InChI is InChI=1S/C11H19N3O5/c1-14(7-2-4-19-5-3-7)11(18)13-8(10(16)17)6-9(12)15/h7-8H,2-6H2,1H3,(H2,12,15)(H,13,18)(H,16,17). The lowest BCUT2D eigenvalue weighted by Gasteiger charge is -2.31. The van der Waals surface area contributed by atoms with Crippen LogP contribution in [0.1, 0.15) is 19.3 Å². The molecule has 0 saturated carbocycles. The quantitative estimate of drug-likeness (QED) is 0.601. The Morgan fingerprint density at radius 1 is 1.42 bits per heavy atom. The normalized spacial score (nSPS) is 17.5. The molecule has 0 spiro atoms. The molecule has 1 aliphatic rings. The topological polar surface area (TPSA) is 122 Å². The van der Waals surface area contributed by atoms with Gasteiger partial charge >= 0.3 is 12.0 Å². The highest BCUT2D eigenvalue weighted by molar-refractivity contribution is 5.87. The molecule has 1 unspecified atom stereocenters. The van der Waals surface area contributed by atoms with Crippen LogP contribution in [-0.4, -0.2) is 60.3 Å². The highest BCUT2D eigenvalue weighted by atomic mass is 16.5. The van der Waals surface area contributed by atoms with E-state index in [0.717, 1.165) is 0 Å². The number of primary amides is 1. The van der Waals surface area contributed by atoms with Crippen molar-refractivity contribution >= 4 is 17.9 Å². The molecule has 4 N–H and O–H groups in total. The molecule has 8 nitrogen and oxygen atoms in total. The van der Waals surface area contributed by atoms with Gasteiger partial charge in [0.1, 0.15) is 6.04 Å². The van der Waals surface area contributed by atoms with E-state index in [1.54, 1.807) is 7.05 Å². The summed E-state index contributed by atoms with van der Waals surface area (Å²) >= 11 is 0. The monoisotopic (exact) mass is 273 g/mol. The second kappa shape index (κ2) is 6.93. The zero-order valence-corrected chi connectivity index (χ0v) is 10.8. The summed E-state index contributed by atoms with van der Waals surface area (Å²) in [5, 5.41) is 11.2. The van der Waals surface area contributed by atoms with Crippen LogP contribution in [0.25, 0.3) is 0 Å². The van der Waals surface area contributed by atoms with Crippen molar-refractivity contribution in [2.45, 2.75) is 31.3 Å². The number of nitrogens with one attached hydrogen (secondary N) is 1. The van der Waals surface area contributed by atoms with Crippen molar-refractivity contribution in [3.05, 3.63) is 0 Å².